The molecule has 0 aliphatic carbocycles. The van der Waals surface area contributed by atoms with Crippen LogP contribution < -0.4 is 0 Å². The van der Waals surface area contributed by atoms with Gasteiger partial charge in [0.25, 0.3) is 0 Å². The molecule has 0 bridgehead atoms. The fourth-order valence-corrected chi connectivity index (χ4v) is 8.71. The van der Waals surface area contributed by atoms with Gasteiger partial charge in [0.15, 0.2) is 0 Å². The Kier molecular flexibility index (Phi) is 26.1. The first kappa shape index (κ1) is 39.1. The molecule has 0 fully saturated rings. The van der Waals surface area contributed by atoms with Gasteiger partial charge in [0.2, 0.25) is 0 Å². The standard InChI is InChI=1S/C28H55Cl6FSi2/c1-2-3-4-5-6-7-8-9-10-11-12-15-18-21-28(23-26-36(29,30)31,24-27-37(32,33)34)22-19-16-13-14-17-20-25-35/h2-27H2,1H3. The summed E-state index contributed by atoms with van der Waals surface area (Å²) in [6, 6.07) is -4.06. The molecule has 0 aromatic carbocycles. The van der Waals surface area contributed by atoms with Gasteiger partial charge in [-0.05, 0) is 49.6 Å². The lowest BCUT2D eigenvalue weighted by Crippen LogP contribution is -2.27. The lowest BCUT2D eigenvalue weighted by atomic mass is 9.73. The van der Waals surface area contributed by atoms with E-state index in [4.69, 9.17) is 66.5 Å². The summed E-state index contributed by atoms with van der Waals surface area (Å²) in [5.41, 5.74) is 0.102. The minimum Gasteiger partial charge on any atom is -0.251 e. The van der Waals surface area contributed by atoms with Gasteiger partial charge >= 0.3 is 12.0 Å². The number of hydrogen-bond donors (Lipinski definition) is 0. The van der Waals surface area contributed by atoms with Crippen LogP contribution in [0.3, 0.4) is 0 Å². The topological polar surface area (TPSA) is 0 Å². The average molecular weight is 680 g/mol. The van der Waals surface area contributed by atoms with Gasteiger partial charge in [-0.2, -0.15) is 0 Å². The van der Waals surface area contributed by atoms with Crippen LogP contribution in [0.25, 0.3) is 0 Å². The maximum Gasteiger partial charge on any atom is 0.341 e. The van der Waals surface area contributed by atoms with E-state index in [9.17, 15) is 4.39 Å². The lowest BCUT2D eigenvalue weighted by molar-refractivity contribution is 0.202. The zero-order valence-corrected chi connectivity index (χ0v) is 30.1. The molecule has 0 aliphatic heterocycles. The molecule has 0 unspecified atom stereocenters. The second-order valence-corrected chi connectivity index (χ2v) is 29.8. The van der Waals surface area contributed by atoms with Crippen molar-refractivity contribution in [1.29, 1.82) is 0 Å². The Labute approximate surface area is 260 Å². The van der Waals surface area contributed by atoms with E-state index < -0.39 is 12.0 Å². The Bertz CT molecular complexity index is 482. The van der Waals surface area contributed by atoms with Crippen molar-refractivity contribution in [3.05, 3.63) is 0 Å². The van der Waals surface area contributed by atoms with Gasteiger partial charge in [0.1, 0.15) is 0 Å². The molecule has 0 nitrogen and oxygen atoms in total. The molecule has 0 radical (unpaired) electrons. The van der Waals surface area contributed by atoms with Crippen molar-refractivity contribution in [2.24, 2.45) is 5.41 Å². The number of hydrogen-bond acceptors (Lipinski definition) is 0. The van der Waals surface area contributed by atoms with Crippen molar-refractivity contribution < 1.29 is 4.39 Å². The second-order valence-electron chi connectivity index (χ2n) is 11.3. The largest absolute Gasteiger partial charge is 0.341 e. The SMILES string of the molecule is CCCCCCCCCCCCCCCC(CCCCCCCCF)(CC[Si](Cl)(Cl)Cl)CC[Si](Cl)(Cl)Cl. The first-order valence-corrected chi connectivity index (χ1v) is 25.7. The summed E-state index contributed by atoms with van der Waals surface area (Å²) in [5, 5.41) is 0. The summed E-state index contributed by atoms with van der Waals surface area (Å²) in [7, 11) is 0. The summed E-state index contributed by atoms with van der Waals surface area (Å²) < 4.78 is 12.3. The molecule has 0 heterocycles. The molecule has 0 aromatic rings. The highest BCUT2D eigenvalue weighted by atomic mass is 35.8. The fourth-order valence-electron chi connectivity index (χ4n) is 5.38. The highest BCUT2D eigenvalue weighted by Crippen LogP contribution is 2.46. The Morgan fingerprint density at radius 3 is 1.03 bits per heavy atom. The smallest absolute Gasteiger partial charge is 0.251 e. The summed E-state index contributed by atoms with van der Waals surface area (Å²) in [5.74, 6) is 0. The molecule has 0 aromatic heterocycles. The van der Waals surface area contributed by atoms with Crippen LogP contribution in [0.4, 0.5) is 4.39 Å². The molecule has 0 saturated carbocycles. The Balaban J connectivity index is 4.56. The average Bonchev–Trinajstić information content (AvgIpc) is 2.82. The van der Waals surface area contributed by atoms with Gasteiger partial charge in [0, 0.05) is 0 Å². The zero-order chi connectivity index (χ0) is 27.9. The van der Waals surface area contributed by atoms with Crippen LogP contribution in [0.1, 0.15) is 155 Å². The van der Waals surface area contributed by atoms with E-state index in [-0.39, 0.29) is 12.1 Å². The molecular weight excluding hydrogens is 624 g/mol. The highest BCUT2D eigenvalue weighted by Gasteiger charge is 2.37. The van der Waals surface area contributed by atoms with Crippen LogP contribution in [0.5, 0.6) is 0 Å². The van der Waals surface area contributed by atoms with Gasteiger partial charge < -0.3 is 0 Å². The van der Waals surface area contributed by atoms with Crippen molar-refractivity contribution in [3.8, 4) is 0 Å². The van der Waals surface area contributed by atoms with Crippen LogP contribution in [-0.2, 0) is 0 Å². The molecule has 0 N–H and O–H groups in total. The molecule has 0 spiro atoms. The summed E-state index contributed by atoms with van der Waals surface area (Å²) in [6.45, 7) is 2.07. The number of alkyl halides is 1. The Hall–Kier alpha value is 2.10. The van der Waals surface area contributed by atoms with E-state index in [2.05, 4.69) is 6.92 Å². The van der Waals surface area contributed by atoms with Gasteiger partial charge in [-0.25, -0.2) is 0 Å². The van der Waals surface area contributed by atoms with Crippen LogP contribution in [0.2, 0.25) is 12.1 Å². The summed E-state index contributed by atoms with van der Waals surface area (Å²) >= 11 is 37.9. The number of unbranched alkanes of at least 4 members (excludes halogenated alkanes) is 17. The molecule has 0 amide bonds. The third-order valence-corrected chi connectivity index (χ3v) is 12.8. The Morgan fingerprint density at radius 2 is 0.730 bits per heavy atom. The predicted octanol–water partition coefficient (Wildman–Crippen LogP) is 14.2. The molecule has 0 rings (SSSR count). The third kappa shape index (κ3) is 28.0. The van der Waals surface area contributed by atoms with Crippen LogP contribution in [0.15, 0.2) is 0 Å². The Morgan fingerprint density at radius 1 is 0.432 bits per heavy atom. The van der Waals surface area contributed by atoms with Crippen LogP contribution in [-0.4, -0.2) is 18.7 Å². The van der Waals surface area contributed by atoms with Crippen molar-refractivity contribution in [3.63, 3.8) is 0 Å². The van der Waals surface area contributed by atoms with E-state index in [0.29, 0.717) is 18.5 Å². The molecule has 37 heavy (non-hydrogen) atoms. The maximum absolute atomic E-state index is 12.3. The van der Waals surface area contributed by atoms with Crippen LogP contribution in [0, 0.1) is 5.41 Å². The molecular formula is C28H55Cl6FSi2. The molecule has 9 heteroatoms. The number of halogens is 7. The third-order valence-electron chi connectivity index (χ3n) is 7.78. The van der Waals surface area contributed by atoms with Crippen molar-refractivity contribution in [2.75, 3.05) is 6.67 Å². The van der Waals surface area contributed by atoms with Gasteiger partial charge in [-0.1, -0.05) is 122 Å². The predicted molar refractivity (Wildman–Crippen MR) is 177 cm³/mol. The molecule has 224 valence electrons. The molecule has 0 aliphatic rings. The number of rotatable bonds is 28. The summed E-state index contributed by atoms with van der Waals surface area (Å²) in [4.78, 5) is 0. The van der Waals surface area contributed by atoms with Crippen molar-refractivity contribution in [1.82, 2.24) is 0 Å². The van der Waals surface area contributed by atoms with E-state index in [1.165, 1.54) is 89.9 Å². The van der Waals surface area contributed by atoms with E-state index in [0.717, 1.165) is 51.4 Å². The second kappa shape index (κ2) is 24.7. The zero-order valence-electron chi connectivity index (χ0n) is 23.5. The fraction of sp³-hybridized carbons (Fsp3) is 1.00. The van der Waals surface area contributed by atoms with Gasteiger partial charge in [0.05, 0.1) is 6.67 Å². The highest BCUT2D eigenvalue weighted by molar-refractivity contribution is 7.65. The van der Waals surface area contributed by atoms with E-state index >= 15 is 0 Å². The van der Waals surface area contributed by atoms with E-state index in [1.807, 2.05) is 0 Å². The van der Waals surface area contributed by atoms with Crippen molar-refractivity contribution in [2.45, 2.75) is 167 Å². The van der Waals surface area contributed by atoms with E-state index in [1.54, 1.807) is 0 Å². The first-order chi connectivity index (χ1) is 17.5. The first-order valence-electron chi connectivity index (χ1n) is 15.2. The molecule has 0 saturated heterocycles. The minimum atomic E-state index is -2.70. The summed E-state index contributed by atoms with van der Waals surface area (Å²) in [6.07, 6.45) is 27.9. The quantitative estimate of drug-likeness (QED) is 0.0439. The lowest BCUT2D eigenvalue weighted by Gasteiger charge is -2.36. The van der Waals surface area contributed by atoms with Gasteiger partial charge in [-0.15, -0.1) is 66.5 Å². The maximum atomic E-state index is 12.3. The normalized spacial score (nSPS) is 13.0. The monoisotopic (exact) mass is 676 g/mol. The minimum absolute atomic E-state index is 0.102. The van der Waals surface area contributed by atoms with Crippen LogP contribution >= 0.6 is 66.5 Å². The molecule has 0 atom stereocenters. The van der Waals surface area contributed by atoms with Gasteiger partial charge in [-0.3, -0.25) is 4.39 Å². The van der Waals surface area contributed by atoms with Crippen molar-refractivity contribution >= 4 is 78.5 Å².